The Labute approximate surface area is 75.4 Å². The Bertz CT molecular complexity index is 154. The van der Waals surface area contributed by atoms with Crippen molar-refractivity contribution in [2.45, 2.75) is 41.0 Å². The van der Waals surface area contributed by atoms with E-state index in [1.54, 1.807) is 6.20 Å². The van der Waals surface area contributed by atoms with Gasteiger partial charge in [-0.05, 0) is 6.92 Å². The fraction of sp³-hybridized carbons (Fsp3) is 0.667. The number of aromatic nitrogens is 2. The predicted molar refractivity (Wildman–Crippen MR) is 55.1 cm³/mol. The molecule has 0 unspecified atom stereocenters. The molecule has 72 valence electrons. The quantitative estimate of drug-likeness (QED) is 0.630. The van der Waals surface area contributed by atoms with Gasteiger partial charge in [-0.3, -0.25) is 5.10 Å². The number of aryl methyl sites for hydroxylation is 1. The van der Waals surface area contributed by atoms with Crippen LogP contribution in [-0.2, 0) is 0 Å². The molecule has 0 aliphatic rings. The Morgan fingerprint density at radius 1 is 1.42 bits per heavy atom. The number of hydrogen-bond donors (Lipinski definition) is 2. The normalized spacial score (nSPS) is 7.42. The largest absolute Gasteiger partial charge is 0.384 e. The van der Waals surface area contributed by atoms with Crippen LogP contribution in [0.25, 0.3) is 0 Å². The first-order chi connectivity index (χ1) is 5.72. The number of nitrogens with one attached hydrogen (secondary N) is 1. The maximum Gasteiger partial charge on any atom is 0.121 e. The van der Waals surface area contributed by atoms with Crippen molar-refractivity contribution in [3.8, 4) is 0 Å². The highest BCUT2D eigenvalue weighted by atomic mass is 15.1. The molecule has 0 aliphatic heterocycles. The van der Waals surface area contributed by atoms with Crippen molar-refractivity contribution in [3.05, 3.63) is 11.8 Å². The van der Waals surface area contributed by atoms with Crippen LogP contribution >= 0.6 is 0 Å². The lowest BCUT2D eigenvalue weighted by Crippen LogP contribution is -1.85. The first kappa shape index (κ1) is 13.6. The molecule has 1 aromatic rings. The molecular formula is C9H21N3. The zero-order valence-electron chi connectivity index (χ0n) is 8.81. The molecule has 3 heteroatoms. The first-order valence-corrected chi connectivity index (χ1v) is 4.47. The molecule has 1 rings (SSSR count). The third-order valence-electron chi connectivity index (χ3n) is 0.868. The summed E-state index contributed by atoms with van der Waals surface area (Å²) >= 11 is 0. The summed E-state index contributed by atoms with van der Waals surface area (Å²) in [5.74, 6) is 0.653. The van der Waals surface area contributed by atoms with Gasteiger partial charge in [-0.2, -0.15) is 5.10 Å². The van der Waals surface area contributed by atoms with Crippen molar-refractivity contribution in [3.63, 3.8) is 0 Å². The van der Waals surface area contributed by atoms with Crippen molar-refractivity contribution < 1.29 is 0 Å². The van der Waals surface area contributed by atoms with Gasteiger partial charge in [0.1, 0.15) is 5.82 Å². The minimum atomic E-state index is 0.653. The van der Waals surface area contributed by atoms with Crippen LogP contribution in [0.4, 0.5) is 5.82 Å². The lowest BCUT2D eigenvalue weighted by molar-refractivity contribution is 1.09. The second-order valence-corrected chi connectivity index (χ2v) is 2.17. The molecule has 0 bridgehead atoms. The molecule has 0 fully saturated rings. The zero-order chi connectivity index (χ0) is 9.98. The monoisotopic (exact) mass is 171 g/mol. The number of H-pyrrole nitrogens is 1. The Morgan fingerprint density at radius 3 is 1.92 bits per heavy atom. The van der Waals surface area contributed by atoms with Crippen molar-refractivity contribution in [1.29, 1.82) is 0 Å². The summed E-state index contributed by atoms with van der Waals surface area (Å²) in [4.78, 5) is 0. The van der Waals surface area contributed by atoms with Crippen LogP contribution in [0.15, 0.2) is 6.20 Å². The van der Waals surface area contributed by atoms with E-state index in [2.05, 4.69) is 24.0 Å². The van der Waals surface area contributed by atoms with Gasteiger partial charge in [-0.25, -0.2) is 0 Å². The van der Waals surface area contributed by atoms with Gasteiger partial charge in [0.2, 0.25) is 0 Å². The van der Waals surface area contributed by atoms with Gasteiger partial charge in [0.25, 0.3) is 0 Å². The number of nitrogens with zero attached hydrogens (tertiary/aromatic N) is 1. The number of aromatic amines is 1. The number of rotatable bonds is 0. The molecule has 1 heterocycles. The van der Waals surface area contributed by atoms with E-state index in [9.17, 15) is 0 Å². The minimum Gasteiger partial charge on any atom is -0.384 e. The summed E-state index contributed by atoms with van der Waals surface area (Å²) in [6.07, 6.45) is 2.94. The van der Waals surface area contributed by atoms with E-state index in [-0.39, 0.29) is 0 Å². The van der Waals surface area contributed by atoms with Gasteiger partial charge in [0, 0.05) is 5.56 Å². The molecule has 12 heavy (non-hydrogen) atoms. The van der Waals surface area contributed by atoms with Gasteiger partial charge < -0.3 is 5.73 Å². The number of nitrogen functional groups attached to an aromatic ring is 1. The third kappa shape index (κ3) is 7.12. The molecule has 1 aromatic heterocycles. The molecule has 0 aliphatic carbocycles. The van der Waals surface area contributed by atoms with Crippen LogP contribution < -0.4 is 5.73 Å². The summed E-state index contributed by atoms with van der Waals surface area (Å²) in [6, 6.07) is 0. The Hall–Kier alpha value is -0.990. The van der Waals surface area contributed by atoms with Gasteiger partial charge in [-0.15, -0.1) is 0 Å². The Balaban J connectivity index is 0. The Morgan fingerprint density at radius 2 is 1.83 bits per heavy atom. The lowest BCUT2D eigenvalue weighted by atomic mass is 10.4. The molecule has 3 N–H and O–H groups in total. The van der Waals surface area contributed by atoms with Crippen molar-refractivity contribution in [1.82, 2.24) is 10.2 Å². The van der Waals surface area contributed by atoms with E-state index in [0.717, 1.165) is 5.56 Å². The first-order valence-electron chi connectivity index (χ1n) is 4.47. The molecular weight excluding hydrogens is 150 g/mol. The van der Waals surface area contributed by atoms with Gasteiger partial charge >= 0.3 is 0 Å². The van der Waals surface area contributed by atoms with Gasteiger partial charge in [0.05, 0.1) is 6.20 Å². The topological polar surface area (TPSA) is 54.7 Å². The number of nitrogens with two attached hydrogens (primary N) is 1. The minimum absolute atomic E-state index is 0.653. The third-order valence-corrected chi connectivity index (χ3v) is 0.868. The second-order valence-electron chi connectivity index (χ2n) is 2.17. The SMILES string of the molecule is CC.CCC.Cc1cn[nH]c1N. The number of hydrogen-bond acceptors (Lipinski definition) is 2. The summed E-state index contributed by atoms with van der Waals surface area (Å²) in [5, 5.41) is 6.27. The average Bonchev–Trinajstić information content (AvgIpc) is 2.42. The zero-order valence-corrected chi connectivity index (χ0v) is 8.81. The highest BCUT2D eigenvalue weighted by molar-refractivity contribution is 5.34. The molecule has 0 atom stereocenters. The van der Waals surface area contributed by atoms with E-state index < -0.39 is 0 Å². The highest BCUT2D eigenvalue weighted by Crippen LogP contribution is 2.00. The maximum absolute atomic E-state index is 5.32. The van der Waals surface area contributed by atoms with Crippen LogP contribution in [0.3, 0.4) is 0 Å². The van der Waals surface area contributed by atoms with E-state index >= 15 is 0 Å². The fourth-order valence-corrected chi connectivity index (χ4v) is 0.356. The molecule has 0 saturated carbocycles. The average molecular weight is 171 g/mol. The summed E-state index contributed by atoms with van der Waals surface area (Å²) in [7, 11) is 0. The maximum atomic E-state index is 5.32. The predicted octanol–water partition coefficient (Wildman–Crippen LogP) is 2.74. The molecule has 3 nitrogen and oxygen atoms in total. The summed E-state index contributed by atoms with van der Waals surface area (Å²) in [5.41, 5.74) is 6.32. The van der Waals surface area contributed by atoms with E-state index in [0.29, 0.717) is 5.82 Å². The van der Waals surface area contributed by atoms with Crippen molar-refractivity contribution in [2.24, 2.45) is 0 Å². The fourth-order valence-electron chi connectivity index (χ4n) is 0.356. The lowest BCUT2D eigenvalue weighted by Gasteiger charge is -1.79. The van der Waals surface area contributed by atoms with E-state index in [4.69, 9.17) is 5.73 Å². The van der Waals surface area contributed by atoms with Gasteiger partial charge in [0.15, 0.2) is 0 Å². The van der Waals surface area contributed by atoms with Crippen molar-refractivity contribution >= 4 is 5.82 Å². The Kier molecular flexibility index (Phi) is 11.3. The summed E-state index contributed by atoms with van der Waals surface area (Å²) < 4.78 is 0. The van der Waals surface area contributed by atoms with Crippen LogP contribution in [0, 0.1) is 6.92 Å². The van der Waals surface area contributed by atoms with Crippen LogP contribution in [-0.4, -0.2) is 10.2 Å². The highest BCUT2D eigenvalue weighted by Gasteiger charge is 1.88. The molecule has 0 spiro atoms. The van der Waals surface area contributed by atoms with Crippen LogP contribution in [0.5, 0.6) is 0 Å². The number of anilines is 1. The van der Waals surface area contributed by atoms with E-state index in [1.807, 2.05) is 20.8 Å². The van der Waals surface area contributed by atoms with E-state index in [1.165, 1.54) is 6.42 Å². The van der Waals surface area contributed by atoms with Crippen molar-refractivity contribution in [2.75, 3.05) is 5.73 Å². The molecule has 0 saturated heterocycles. The summed E-state index contributed by atoms with van der Waals surface area (Å²) in [6.45, 7) is 10.2. The van der Waals surface area contributed by atoms with Gasteiger partial charge in [-0.1, -0.05) is 34.1 Å². The molecule has 0 amide bonds. The smallest absolute Gasteiger partial charge is 0.121 e. The molecule has 0 radical (unpaired) electrons. The standard InChI is InChI=1S/C4H7N3.C3H8.C2H6/c1-3-2-6-7-4(3)5;1-3-2;1-2/h2H,1H3,(H3,5,6,7);3H2,1-2H3;1-2H3. The molecule has 0 aromatic carbocycles. The van der Waals surface area contributed by atoms with Crippen LogP contribution in [0.2, 0.25) is 0 Å². The van der Waals surface area contributed by atoms with Crippen LogP contribution in [0.1, 0.15) is 39.7 Å². The second kappa shape index (κ2) is 10.0.